The SMILES string of the molecule is CN(CCOCC1CC1)S(=O)(=O)c1ccc(CCl)cc1Br. The number of hydrogen-bond acceptors (Lipinski definition) is 3. The molecule has 1 aromatic rings. The highest BCUT2D eigenvalue weighted by Gasteiger charge is 2.24. The Labute approximate surface area is 139 Å². The van der Waals surface area contributed by atoms with Crippen molar-refractivity contribution in [2.24, 2.45) is 5.92 Å². The molecule has 7 heteroatoms. The summed E-state index contributed by atoms with van der Waals surface area (Å²) in [6.07, 6.45) is 2.46. The van der Waals surface area contributed by atoms with Gasteiger partial charge in [-0.05, 0) is 52.4 Å². The van der Waals surface area contributed by atoms with Gasteiger partial charge in [-0.3, -0.25) is 0 Å². The van der Waals surface area contributed by atoms with Crippen LogP contribution in [0.2, 0.25) is 0 Å². The molecule has 0 unspecified atom stereocenters. The molecule has 1 aliphatic rings. The third-order valence-electron chi connectivity index (χ3n) is 3.44. The topological polar surface area (TPSA) is 46.6 Å². The van der Waals surface area contributed by atoms with Gasteiger partial charge in [0.05, 0.1) is 11.5 Å². The fourth-order valence-corrected chi connectivity index (χ4v) is 4.25. The third kappa shape index (κ3) is 4.66. The van der Waals surface area contributed by atoms with Crippen molar-refractivity contribution in [3.63, 3.8) is 0 Å². The van der Waals surface area contributed by atoms with Gasteiger partial charge in [-0.1, -0.05) is 6.07 Å². The van der Waals surface area contributed by atoms with E-state index in [1.165, 1.54) is 17.1 Å². The summed E-state index contributed by atoms with van der Waals surface area (Å²) in [4.78, 5) is 0.251. The highest BCUT2D eigenvalue weighted by molar-refractivity contribution is 9.10. The van der Waals surface area contributed by atoms with Crippen molar-refractivity contribution in [2.45, 2.75) is 23.6 Å². The molecule has 1 aromatic carbocycles. The zero-order valence-electron chi connectivity index (χ0n) is 11.9. The molecule has 0 heterocycles. The van der Waals surface area contributed by atoms with Crippen LogP contribution in [-0.4, -0.2) is 39.5 Å². The largest absolute Gasteiger partial charge is 0.380 e. The summed E-state index contributed by atoms with van der Waals surface area (Å²) in [7, 11) is -1.95. The first kappa shape index (κ1) is 17.2. The maximum Gasteiger partial charge on any atom is 0.244 e. The van der Waals surface area contributed by atoms with E-state index in [9.17, 15) is 8.42 Å². The van der Waals surface area contributed by atoms with E-state index in [4.69, 9.17) is 16.3 Å². The van der Waals surface area contributed by atoms with Gasteiger partial charge in [0, 0.05) is 30.6 Å². The predicted octanol–water partition coefficient (Wildman–Crippen LogP) is 3.24. The molecule has 0 aromatic heterocycles. The van der Waals surface area contributed by atoms with Gasteiger partial charge in [0.2, 0.25) is 10.0 Å². The van der Waals surface area contributed by atoms with Crippen LogP contribution in [-0.2, 0) is 20.6 Å². The number of alkyl halides is 1. The number of hydrogen-bond donors (Lipinski definition) is 0. The molecule has 4 nitrogen and oxygen atoms in total. The molecule has 0 amide bonds. The van der Waals surface area contributed by atoms with Crippen LogP contribution in [0, 0.1) is 5.92 Å². The standard InChI is InChI=1S/C14H19BrClNO3S/c1-17(6-7-20-10-11-2-3-11)21(18,19)14-5-4-12(9-16)8-13(14)15/h4-5,8,11H,2-3,6-7,9-10H2,1H3. The third-order valence-corrected chi connectivity index (χ3v) is 6.58. The van der Waals surface area contributed by atoms with Crippen LogP contribution in [0.15, 0.2) is 27.6 Å². The molecule has 0 radical (unpaired) electrons. The van der Waals surface area contributed by atoms with Crippen LogP contribution in [0.5, 0.6) is 0 Å². The Morgan fingerprint density at radius 3 is 2.71 bits per heavy atom. The molecule has 118 valence electrons. The summed E-state index contributed by atoms with van der Waals surface area (Å²) in [5.41, 5.74) is 0.873. The quantitative estimate of drug-likeness (QED) is 0.500. The molecule has 0 bridgehead atoms. The lowest BCUT2D eigenvalue weighted by atomic mass is 10.2. The van der Waals surface area contributed by atoms with Crippen molar-refractivity contribution in [1.82, 2.24) is 4.31 Å². The Balaban J connectivity index is 1.98. The van der Waals surface area contributed by atoms with Crippen molar-refractivity contribution < 1.29 is 13.2 Å². The molecule has 1 saturated carbocycles. The molecular formula is C14H19BrClNO3S. The van der Waals surface area contributed by atoms with E-state index in [2.05, 4.69) is 15.9 Å². The molecule has 0 N–H and O–H groups in total. The fourth-order valence-electron chi connectivity index (χ4n) is 1.85. The normalized spacial score (nSPS) is 15.6. The molecule has 0 spiro atoms. The Hall–Kier alpha value is -0.140. The van der Waals surface area contributed by atoms with Crippen LogP contribution in [0.1, 0.15) is 18.4 Å². The smallest absolute Gasteiger partial charge is 0.244 e. The molecule has 0 atom stereocenters. The highest BCUT2D eigenvalue weighted by atomic mass is 79.9. The van der Waals surface area contributed by atoms with Crippen LogP contribution in [0.4, 0.5) is 0 Å². The van der Waals surface area contributed by atoms with E-state index in [0.717, 1.165) is 12.2 Å². The first-order valence-electron chi connectivity index (χ1n) is 6.83. The van der Waals surface area contributed by atoms with Crippen molar-refractivity contribution in [3.8, 4) is 0 Å². The number of benzene rings is 1. The summed E-state index contributed by atoms with van der Waals surface area (Å²) in [5, 5.41) is 0. The fraction of sp³-hybridized carbons (Fsp3) is 0.571. The van der Waals surface area contributed by atoms with E-state index in [-0.39, 0.29) is 4.90 Å². The van der Waals surface area contributed by atoms with E-state index in [1.54, 1.807) is 25.2 Å². The average Bonchev–Trinajstić information content (AvgIpc) is 3.26. The lowest BCUT2D eigenvalue weighted by Crippen LogP contribution is -2.30. The predicted molar refractivity (Wildman–Crippen MR) is 87.1 cm³/mol. The van der Waals surface area contributed by atoms with Crippen molar-refractivity contribution in [3.05, 3.63) is 28.2 Å². The van der Waals surface area contributed by atoms with Crippen molar-refractivity contribution in [2.75, 3.05) is 26.8 Å². The Kier molecular flexibility index (Phi) is 6.08. The van der Waals surface area contributed by atoms with Gasteiger partial charge < -0.3 is 4.74 Å². The van der Waals surface area contributed by atoms with Crippen LogP contribution in [0.3, 0.4) is 0 Å². The molecule has 0 saturated heterocycles. The van der Waals surface area contributed by atoms with Gasteiger partial charge in [0.15, 0.2) is 0 Å². The first-order valence-corrected chi connectivity index (χ1v) is 9.60. The zero-order valence-corrected chi connectivity index (χ0v) is 15.0. The van der Waals surface area contributed by atoms with E-state index in [1.807, 2.05) is 0 Å². The lowest BCUT2D eigenvalue weighted by molar-refractivity contribution is 0.117. The summed E-state index contributed by atoms with van der Waals surface area (Å²) in [6, 6.07) is 5.04. The monoisotopic (exact) mass is 395 g/mol. The minimum atomic E-state index is -3.52. The number of nitrogens with zero attached hydrogens (tertiary/aromatic N) is 1. The van der Waals surface area contributed by atoms with Crippen molar-refractivity contribution >= 4 is 37.6 Å². The van der Waals surface area contributed by atoms with Gasteiger partial charge in [-0.15, -0.1) is 11.6 Å². The minimum absolute atomic E-state index is 0.251. The molecule has 2 rings (SSSR count). The van der Waals surface area contributed by atoms with Crippen LogP contribution < -0.4 is 0 Å². The number of rotatable bonds is 8. The minimum Gasteiger partial charge on any atom is -0.380 e. The summed E-state index contributed by atoms with van der Waals surface area (Å²) >= 11 is 9.05. The van der Waals surface area contributed by atoms with Gasteiger partial charge in [0.25, 0.3) is 0 Å². The van der Waals surface area contributed by atoms with E-state index >= 15 is 0 Å². The second-order valence-electron chi connectivity index (χ2n) is 5.24. The van der Waals surface area contributed by atoms with Gasteiger partial charge in [-0.2, -0.15) is 4.31 Å². The summed E-state index contributed by atoms with van der Waals surface area (Å²) < 4.78 is 32.3. The highest BCUT2D eigenvalue weighted by Crippen LogP contribution is 2.29. The Morgan fingerprint density at radius 2 is 2.14 bits per heavy atom. The number of sulfonamides is 1. The number of halogens is 2. The van der Waals surface area contributed by atoms with Crippen molar-refractivity contribution in [1.29, 1.82) is 0 Å². The second kappa shape index (κ2) is 7.42. The molecular weight excluding hydrogens is 378 g/mol. The number of likely N-dealkylation sites (N-methyl/N-ethyl adjacent to an activating group) is 1. The average molecular weight is 397 g/mol. The van der Waals surface area contributed by atoms with E-state index < -0.39 is 10.0 Å². The van der Waals surface area contributed by atoms with Gasteiger partial charge in [-0.25, -0.2) is 8.42 Å². The summed E-state index contributed by atoms with van der Waals surface area (Å²) in [5.74, 6) is 1.04. The van der Waals surface area contributed by atoms with Gasteiger partial charge >= 0.3 is 0 Å². The molecule has 1 aliphatic carbocycles. The van der Waals surface area contributed by atoms with E-state index in [0.29, 0.717) is 29.4 Å². The molecule has 21 heavy (non-hydrogen) atoms. The maximum absolute atomic E-state index is 12.5. The molecule has 0 aliphatic heterocycles. The van der Waals surface area contributed by atoms with Crippen LogP contribution in [0.25, 0.3) is 0 Å². The zero-order chi connectivity index (χ0) is 15.5. The molecule has 1 fully saturated rings. The number of ether oxygens (including phenoxy) is 1. The van der Waals surface area contributed by atoms with Gasteiger partial charge in [0.1, 0.15) is 0 Å². The Bertz CT molecular complexity index is 590. The maximum atomic E-state index is 12.5. The lowest BCUT2D eigenvalue weighted by Gasteiger charge is -2.18. The Morgan fingerprint density at radius 1 is 1.43 bits per heavy atom. The van der Waals surface area contributed by atoms with Crippen LogP contribution >= 0.6 is 27.5 Å². The summed E-state index contributed by atoms with van der Waals surface area (Å²) in [6.45, 7) is 1.50. The second-order valence-corrected chi connectivity index (χ2v) is 8.38. The first-order chi connectivity index (χ1) is 9.95.